The maximum atomic E-state index is 11.7. The van der Waals surface area contributed by atoms with Crippen molar-refractivity contribution in [1.82, 2.24) is 4.90 Å². The zero-order chi connectivity index (χ0) is 14.5. The Kier molecular flexibility index (Phi) is 4.70. The number of hydrogen-bond acceptors (Lipinski definition) is 2. The smallest absolute Gasteiger partial charge is 0.162 e. The Morgan fingerprint density at radius 2 is 1.65 bits per heavy atom. The molecular weight excluding hydrogens is 246 g/mol. The largest absolute Gasteiger partial charge is 0.305 e. The first-order chi connectivity index (χ1) is 9.61. The molecule has 0 aliphatic heterocycles. The maximum absolute atomic E-state index is 11.7. The molecule has 0 heterocycles. The van der Waals surface area contributed by atoms with Crippen LogP contribution in [0.3, 0.4) is 0 Å². The highest BCUT2D eigenvalue weighted by Gasteiger charge is 2.07. The van der Waals surface area contributed by atoms with Crippen molar-refractivity contribution < 1.29 is 4.79 Å². The molecule has 0 spiro atoms. The Hall–Kier alpha value is -1.93. The van der Waals surface area contributed by atoms with E-state index >= 15 is 0 Å². The van der Waals surface area contributed by atoms with Gasteiger partial charge in [0.05, 0.1) is 0 Å². The number of hydrogen-bond donors (Lipinski definition) is 0. The van der Waals surface area contributed by atoms with Crippen LogP contribution in [0.15, 0.2) is 48.5 Å². The molecule has 0 atom stereocenters. The van der Waals surface area contributed by atoms with Crippen LogP contribution in [0.5, 0.6) is 0 Å². The van der Waals surface area contributed by atoms with E-state index in [1.54, 1.807) is 0 Å². The summed E-state index contributed by atoms with van der Waals surface area (Å²) in [6, 6.07) is 16.3. The zero-order valence-corrected chi connectivity index (χ0v) is 12.4. The molecule has 2 heteroatoms. The van der Waals surface area contributed by atoms with Gasteiger partial charge >= 0.3 is 0 Å². The van der Waals surface area contributed by atoms with Crippen LogP contribution in [0, 0.1) is 0 Å². The summed E-state index contributed by atoms with van der Waals surface area (Å²) in [7, 11) is 4.14. The third kappa shape index (κ3) is 3.34. The molecule has 0 bridgehead atoms. The van der Waals surface area contributed by atoms with Crippen molar-refractivity contribution in [3.05, 3.63) is 59.7 Å². The lowest BCUT2D eigenvalue weighted by Gasteiger charge is -2.14. The van der Waals surface area contributed by atoms with Crippen molar-refractivity contribution in [3.8, 4) is 11.1 Å². The minimum absolute atomic E-state index is 0.193. The van der Waals surface area contributed by atoms with Gasteiger partial charge in [-0.1, -0.05) is 55.5 Å². The van der Waals surface area contributed by atoms with Crippen LogP contribution >= 0.6 is 0 Å². The molecule has 2 rings (SSSR count). The van der Waals surface area contributed by atoms with Gasteiger partial charge in [0.1, 0.15) is 0 Å². The highest BCUT2D eigenvalue weighted by Crippen LogP contribution is 2.25. The van der Waals surface area contributed by atoms with Gasteiger partial charge in [0, 0.05) is 18.5 Å². The molecule has 0 radical (unpaired) electrons. The zero-order valence-electron chi connectivity index (χ0n) is 12.4. The SMILES string of the molecule is CCC(=O)c1ccc(-c2ccccc2CN(C)C)cc1. The van der Waals surface area contributed by atoms with Crippen molar-refractivity contribution in [2.75, 3.05) is 14.1 Å². The van der Waals surface area contributed by atoms with E-state index in [0.29, 0.717) is 6.42 Å². The van der Waals surface area contributed by atoms with Crippen LogP contribution in [0.25, 0.3) is 11.1 Å². The van der Waals surface area contributed by atoms with Gasteiger partial charge in [0.2, 0.25) is 0 Å². The quantitative estimate of drug-likeness (QED) is 0.763. The molecule has 0 N–H and O–H groups in total. The standard InChI is InChI=1S/C18H21NO/c1-4-18(20)15-11-9-14(10-12-15)17-8-6-5-7-16(17)13-19(2)3/h5-12H,4,13H2,1-3H3. The van der Waals surface area contributed by atoms with Gasteiger partial charge in [0.25, 0.3) is 0 Å². The van der Waals surface area contributed by atoms with E-state index in [2.05, 4.69) is 43.3 Å². The second-order valence-corrected chi connectivity index (χ2v) is 5.25. The maximum Gasteiger partial charge on any atom is 0.162 e. The molecule has 0 unspecified atom stereocenters. The first-order valence-electron chi connectivity index (χ1n) is 6.98. The van der Waals surface area contributed by atoms with Crippen molar-refractivity contribution >= 4 is 5.78 Å². The van der Waals surface area contributed by atoms with E-state index in [1.807, 2.05) is 31.2 Å². The van der Waals surface area contributed by atoms with Crippen LogP contribution in [0.2, 0.25) is 0 Å². The minimum atomic E-state index is 0.193. The van der Waals surface area contributed by atoms with Crippen molar-refractivity contribution in [1.29, 1.82) is 0 Å². The third-order valence-electron chi connectivity index (χ3n) is 3.34. The lowest BCUT2D eigenvalue weighted by molar-refractivity contribution is 0.0988. The molecule has 0 aromatic heterocycles. The average Bonchev–Trinajstić information content (AvgIpc) is 2.46. The van der Waals surface area contributed by atoms with E-state index < -0.39 is 0 Å². The monoisotopic (exact) mass is 267 g/mol. The van der Waals surface area contributed by atoms with Crippen molar-refractivity contribution in [2.24, 2.45) is 0 Å². The van der Waals surface area contributed by atoms with Gasteiger partial charge in [0.15, 0.2) is 5.78 Å². The van der Waals surface area contributed by atoms with Crippen LogP contribution in [0.1, 0.15) is 29.3 Å². The fraction of sp³-hybridized carbons (Fsp3) is 0.278. The predicted octanol–water partition coefficient (Wildman–Crippen LogP) is 4.01. The second kappa shape index (κ2) is 6.49. The number of carbonyl (C=O) groups is 1. The molecule has 20 heavy (non-hydrogen) atoms. The normalized spacial score (nSPS) is 10.8. The molecular formula is C18H21NO. The van der Waals surface area contributed by atoms with E-state index in [0.717, 1.165) is 17.7 Å². The van der Waals surface area contributed by atoms with Gasteiger partial charge < -0.3 is 4.90 Å². The summed E-state index contributed by atoms with van der Waals surface area (Å²) in [4.78, 5) is 13.8. The molecule has 2 aromatic carbocycles. The van der Waals surface area contributed by atoms with Gasteiger partial charge in [-0.05, 0) is 30.8 Å². The van der Waals surface area contributed by atoms with Gasteiger partial charge in [-0.2, -0.15) is 0 Å². The van der Waals surface area contributed by atoms with Gasteiger partial charge in [-0.15, -0.1) is 0 Å². The lowest BCUT2D eigenvalue weighted by atomic mass is 9.97. The highest BCUT2D eigenvalue weighted by atomic mass is 16.1. The summed E-state index contributed by atoms with van der Waals surface area (Å²) < 4.78 is 0. The third-order valence-corrected chi connectivity index (χ3v) is 3.34. The highest BCUT2D eigenvalue weighted by molar-refractivity contribution is 5.96. The molecule has 2 aromatic rings. The van der Waals surface area contributed by atoms with E-state index in [-0.39, 0.29) is 5.78 Å². The molecule has 104 valence electrons. The Morgan fingerprint density at radius 3 is 2.25 bits per heavy atom. The Morgan fingerprint density at radius 1 is 1.00 bits per heavy atom. The number of nitrogens with zero attached hydrogens (tertiary/aromatic N) is 1. The van der Waals surface area contributed by atoms with Crippen LogP contribution in [0.4, 0.5) is 0 Å². The van der Waals surface area contributed by atoms with Crippen LogP contribution < -0.4 is 0 Å². The second-order valence-electron chi connectivity index (χ2n) is 5.25. The molecule has 0 fully saturated rings. The van der Waals surface area contributed by atoms with Gasteiger partial charge in [-0.25, -0.2) is 0 Å². The number of rotatable bonds is 5. The average molecular weight is 267 g/mol. The number of Topliss-reactive ketones (excluding diaryl/α,β-unsaturated/α-hetero) is 1. The van der Waals surface area contributed by atoms with E-state index in [4.69, 9.17) is 0 Å². The molecule has 0 saturated carbocycles. The first-order valence-corrected chi connectivity index (χ1v) is 6.98. The number of ketones is 1. The molecule has 0 aliphatic carbocycles. The predicted molar refractivity (Wildman–Crippen MR) is 83.9 cm³/mol. The fourth-order valence-electron chi connectivity index (χ4n) is 2.32. The number of carbonyl (C=O) groups excluding carboxylic acids is 1. The number of benzene rings is 2. The van der Waals surface area contributed by atoms with E-state index in [1.165, 1.54) is 11.1 Å². The molecule has 2 nitrogen and oxygen atoms in total. The Labute approximate surface area is 121 Å². The van der Waals surface area contributed by atoms with E-state index in [9.17, 15) is 4.79 Å². The minimum Gasteiger partial charge on any atom is -0.305 e. The van der Waals surface area contributed by atoms with Crippen LogP contribution in [-0.4, -0.2) is 24.8 Å². The summed E-state index contributed by atoms with van der Waals surface area (Å²) in [5, 5.41) is 0. The Balaban J connectivity index is 2.34. The summed E-state index contributed by atoms with van der Waals surface area (Å²) in [6.45, 7) is 2.80. The van der Waals surface area contributed by atoms with Crippen molar-refractivity contribution in [3.63, 3.8) is 0 Å². The Bertz CT molecular complexity index is 585. The summed E-state index contributed by atoms with van der Waals surface area (Å²) >= 11 is 0. The van der Waals surface area contributed by atoms with Crippen molar-refractivity contribution in [2.45, 2.75) is 19.9 Å². The molecule has 0 saturated heterocycles. The summed E-state index contributed by atoms with van der Waals surface area (Å²) in [5.41, 5.74) is 4.49. The summed E-state index contributed by atoms with van der Waals surface area (Å²) in [6.07, 6.45) is 0.552. The molecule has 0 amide bonds. The summed E-state index contributed by atoms with van der Waals surface area (Å²) in [5.74, 6) is 0.193. The van der Waals surface area contributed by atoms with Gasteiger partial charge in [-0.3, -0.25) is 4.79 Å². The first kappa shape index (κ1) is 14.5. The fourth-order valence-corrected chi connectivity index (χ4v) is 2.32. The molecule has 0 aliphatic rings. The lowest BCUT2D eigenvalue weighted by Crippen LogP contribution is -2.11. The van der Waals surface area contributed by atoms with Crippen LogP contribution in [-0.2, 0) is 6.54 Å². The topological polar surface area (TPSA) is 20.3 Å².